The zero-order chi connectivity index (χ0) is 10.9. The molecule has 78 valence electrons. The lowest BCUT2D eigenvalue weighted by Crippen LogP contribution is -2.45. The summed E-state index contributed by atoms with van der Waals surface area (Å²) in [5.41, 5.74) is 0.256. The maximum Gasteiger partial charge on any atom is 0.160 e. The summed E-state index contributed by atoms with van der Waals surface area (Å²) < 4.78 is 10.1. The topological polar surface area (TPSA) is 62.5 Å². The average Bonchev–Trinajstić information content (AvgIpc) is 2.19. The fraction of sp³-hybridized carbons (Fsp3) is 0.364. The van der Waals surface area contributed by atoms with Crippen LogP contribution >= 0.6 is 0 Å². The van der Waals surface area contributed by atoms with Gasteiger partial charge in [-0.05, 0) is 17.7 Å². The first-order chi connectivity index (χ1) is 7.22. The highest BCUT2D eigenvalue weighted by Gasteiger charge is 2.41. The number of nitriles is 1. The van der Waals surface area contributed by atoms with Crippen molar-refractivity contribution >= 4 is 0 Å². The molecule has 1 aromatic carbocycles. The van der Waals surface area contributed by atoms with Gasteiger partial charge in [0.15, 0.2) is 11.5 Å². The number of hydrogen-bond donors (Lipinski definition) is 1. The lowest BCUT2D eigenvalue weighted by molar-refractivity contribution is -0.0298. The van der Waals surface area contributed by atoms with E-state index in [1.54, 1.807) is 12.1 Å². The van der Waals surface area contributed by atoms with Crippen molar-refractivity contribution in [3.8, 4) is 17.6 Å². The molecule has 0 aliphatic carbocycles. The van der Waals surface area contributed by atoms with Gasteiger partial charge in [0.25, 0.3) is 0 Å². The SMILES string of the molecule is COc1cc(C2(C#N)COC2)ccc1O. The van der Waals surface area contributed by atoms with Crippen molar-refractivity contribution < 1.29 is 14.6 Å². The number of benzene rings is 1. The monoisotopic (exact) mass is 205 g/mol. The second-order valence-corrected chi connectivity index (χ2v) is 3.57. The smallest absolute Gasteiger partial charge is 0.160 e. The molecule has 0 saturated carbocycles. The van der Waals surface area contributed by atoms with Crippen LogP contribution in [0.15, 0.2) is 18.2 Å². The van der Waals surface area contributed by atoms with E-state index in [9.17, 15) is 5.11 Å². The normalized spacial score (nSPS) is 17.6. The van der Waals surface area contributed by atoms with Crippen LogP contribution in [0.3, 0.4) is 0 Å². The Labute approximate surface area is 87.7 Å². The van der Waals surface area contributed by atoms with E-state index in [0.717, 1.165) is 5.56 Å². The van der Waals surface area contributed by atoms with Crippen molar-refractivity contribution in [2.24, 2.45) is 0 Å². The highest BCUT2D eigenvalue weighted by atomic mass is 16.5. The molecule has 0 amide bonds. The Morgan fingerprint density at radius 2 is 2.27 bits per heavy atom. The van der Waals surface area contributed by atoms with E-state index in [1.165, 1.54) is 13.2 Å². The Morgan fingerprint density at radius 1 is 1.53 bits per heavy atom. The summed E-state index contributed by atoms with van der Waals surface area (Å²) in [6, 6.07) is 7.18. The van der Waals surface area contributed by atoms with Gasteiger partial charge in [-0.25, -0.2) is 0 Å². The number of ether oxygens (including phenoxy) is 2. The standard InChI is InChI=1S/C11H11NO3/c1-14-10-4-8(2-3-9(10)13)11(5-12)6-15-7-11/h2-4,13H,6-7H2,1H3. The molecule has 1 N–H and O–H groups in total. The van der Waals surface area contributed by atoms with Crippen molar-refractivity contribution in [3.05, 3.63) is 23.8 Å². The Kier molecular flexibility index (Phi) is 2.25. The Bertz CT molecular complexity index is 418. The van der Waals surface area contributed by atoms with E-state index in [-0.39, 0.29) is 5.75 Å². The van der Waals surface area contributed by atoms with Gasteiger partial charge < -0.3 is 14.6 Å². The number of hydrogen-bond acceptors (Lipinski definition) is 4. The van der Waals surface area contributed by atoms with Crippen molar-refractivity contribution in [3.63, 3.8) is 0 Å². The summed E-state index contributed by atoms with van der Waals surface area (Å²) in [6.45, 7) is 0.800. The number of nitrogens with zero attached hydrogens (tertiary/aromatic N) is 1. The van der Waals surface area contributed by atoms with Crippen molar-refractivity contribution in [1.29, 1.82) is 5.26 Å². The molecular formula is C11H11NO3. The van der Waals surface area contributed by atoms with Gasteiger partial charge in [-0.15, -0.1) is 0 Å². The van der Waals surface area contributed by atoms with Crippen LogP contribution in [0.4, 0.5) is 0 Å². The van der Waals surface area contributed by atoms with E-state index in [4.69, 9.17) is 14.7 Å². The van der Waals surface area contributed by atoms with Crippen LogP contribution in [0.2, 0.25) is 0 Å². The van der Waals surface area contributed by atoms with Gasteiger partial charge in [-0.2, -0.15) is 5.26 Å². The molecule has 1 aliphatic heterocycles. The number of aromatic hydroxyl groups is 1. The summed E-state index contributed by atoms with van der Waals surface area (Å²) in [4.78, 5) is 0. The number of phenols is 1. The van der Waals surface area contributed by atoms with Crippen LogP contribution in [-0.4, -0.2) is 25.4 Å². The second-order valence-electron chi connectivity index (χ2n) is 3.57. The zero-order valence-electron chi connectivity index (χ0n) is 8.36. The minimum atomic E-state index is -0.568. The highest BCUT2D eigenvalue weighted by molar-refractivity contribution is 5.47. The number of rotatable bonds is 2. The van der Waals surface area contributed by atoms with E-state index in [0.29, 0.717) is 19.0 Å². The third-order valence-corrected chi connectivity index (χ3v) is 2.64. The largest absolute Gasteiger partial charge is 0.504 e. The lowest BCUT2D eigenvalue weighted by atomic mass is 9.80. The first-order valence-electron chi connectivity index (χ1n) is 4.58. The van der Waals surface area contributed by atoms with Crippen LogP contribution in [0.1, 0.15) is 5.56 Å². The molecule has 4 nitrogen and oxygen atoms in total. The molecule has 1 aromatic rings. The lowest BCUT2D eigenvalue weighted by Gasteiger charge is -2.35. The minimum Gasteiger partial charge on any atom is -0.504 e. The minimum absolute atomic E-state index is 0.0783. The van der Waals surface area contributed by atoms with Gasteiger partial charge in [-0.3, -0.25) is 0 Å². The summed E-state index contributed by atoms with van der Waals surface area (Å²) in [5.74, 6) is 0.462. The first-order valence-corrected chi connectivity index (χ1v) is 4.58. The number of phenolic OH excluding ortho intramolecular Hbond substituents is 1. The molecule has 2 rings (SSSR count). The van der Waals surface area contributed by atoms with Crippen LogP contribution < -0.4 is 4.74 Å². The number of methoxy groups -OCH3 is 1. The molecule has 0 aromatic heterocycles. The van der Waals surface area contributed by atoms with Crippen LogP contribution in [0.5, 0.6) is 11.5 Å². The van der Waals surface area contributed by atoms with E-state index in [2.05, 4.69) is 6.07 Å². The highest BCUT2D eigenvalue weighted by Crippen LogP contribution is 2.36. The molecule has 0 atom stereocenters. The maximum absolute atomic E-state index is 9.42. The molecule has 0 radical (unpaired) electrons. The first kappa shape index (κ1) is 9.81. The fourth-order valence-corrected chi connectivity index (χ4v) is 1.58. The van der Waals surface area contributed by atoms with Gasteiger partial charge in [0, 0.05) is 0 Å². The summed E-state index contributed by atoms with van der Waals surface area (Å²) in [6.07, 6.45) is 0. The predicted octanol–water partition coefficient (Wildman–Crippen LogP) is 1.19. The van der Waals surface area contributed by atoms with Crippen molar-refractivity contribution in [2.75, 3.05) is 20.3 Å². The molecule has 15 heavy (non-hydrogen) atoms. The molecule has 0 bridgehead atoms. The molecule has 0 unspecified atom stereocenters. The zero-order valence-corrected chi connectivity index (χ0v) is 8.36. The molecular weight excluding hydrogens is 194 g/mol. The Morgan fingerprint density at radius 3 is 2.73 bits per heavy atom. The Hall–Kier alpha value is -1.73. The van der Waals surface area contributed by atoms with E-state index in [1.807, 2.05) is 0 Å². The summed E-state index contributed by atoms with van der Waals surface area (Å²) >= 11 is 0. The molecule has 1 saturated heterocycles. The summed E-state index contributed by atoms with van der Waals surface area (Å²) in [5, 5.41) is 18.5. The fourth-order valence-electron chi connectivity index (χ4n) is 1.58. The third-order valence-electron chi connectivity index (χ3n) is 2.64. The van der Waals surface area contributed by atoms with Crippen molar-refractivity contribution in [1.82, 2.24) is 0 Å². The molecule has 0 spiro atoms. The van der Waals surface area contributed by atoms with Gasteiger partial charge in [-0.1, -0.05) is 6.07 Å². The Balaban J connectivity index is 2.41. The molecule has 1 aliphatic rings. The third kappa shape index (κ3) is 1.41. The van der Waals surface area contributed by atoms with Gasteiger partial charge in [0.05, 0.1) is 26.4 Å². The quantitative estimate of drug-likeness (QED) is 0.787. The van der Waals surface area contributed by atoms with Crippen LogP contribution in [0.25, 0.3) is 0 Å². The van der Waals surface area contributed by atoms with Gasteiger partial charge >= 0.3 is 0 Å². The van der Waals surface area contributed by atoms with E-state index < -0.39 is 5.41 Å². The maximum atomic E-state index is 9.42. The average molecular weight is 205 g/mol. The molecule has 1 heterocycles. The summed E-state index contributed by atoms with van der Waals surface area (Å²) in [7, 11) is 1.48. The van der Waals surface area contributed by atoms with Gasteiger partial charge in [0.2, 0.25) is 0 Å². The van der Waals surface area contributed by atoms with E-state index >= 15 is 0 Å². The molecule has 4 heteroatoms. The molecule has 1 fully saturated rings. The van der Waals surface area contributed by atoms with Crippen LogP contribution in [-0.2, 0) is 10.2 Å². The van der Waals surface area contributed by atoms with Crippen LogP contribution in [0, 0.1) is 11.3 Å². The second kappa shape index (κ2) is 3.44. The predicted molar refractivity (Wildman–Crippen MR) is 52.8 cm³/mol. The van der Waals surface area contributed by atoms with Gasteiger partial charge in [0.1, 0.15) is 5.41 Å². The van der Waals surface area contributed by atoms with Crippen molar-refractivity contribution in [2.45, 2.75) is 5.41 Å².